The molecule has 2 aromatic carbocycles. The first-order chi connectivity index (χ1) is 14.3. The monoisotopic (exact) mass is 496 g/mol. The van der Waals surface area contributed by atoms with Crippen LogP contribution in [-0.4, -0.2) is 11.4 Å². The molecule has 0 saturated carbocycles. The van der Waals surface area contributed by atoms with Gasteiger partial charge in [0.2, 0.25) is 0 Å². The van der Waals surface area contributed by atoms with Gasteiger partial charge in [-0.25, -0.2) is 0 Å². The van der Waals surface area contributed by atoms with E-state index in [0.29, 0.717) is 0 Å². The maximum atomic E-state index is 5.05. The van der Waals surface area contributed by atoms with Gasteiger partial charge in [-0.3, -0.25) is 9.98 Å². The molecule has 0 fully saturated rings. The maximum Gasteiger partial charge on any atom is 0.0633 e. The molecule has 0 amide bonds. The summed E-state index contributed by atoms with van der Waals surface area (Å²) in [6, 6.07) is 20.7. The molecule has 0 saturated heterocycles. The molecule has 0 aromatic heterocycles. The Hall–Kier alpha value is -1.56. The fraction of sp³-hybridized carbons (Fsp3) is 0.481. The second-order valence-corrected chi connectivity index (χ2v) is 7.76. The number of unbranched alkanes of at least 4 members (excludes halogenated alkanes) is 7. The van der Waals surface area contributed by atoms with E-state index in [-0.39, 0.29) is 20.4 Å². The quantitative estimate of drug-likeness (QED) is 0.142. The van der Waals surface area contributed by atoms with Crippen LogP contribution in [0.2, 0.25) is 0 Å². The van der Waals surface area contributed by atoms with Crippen molar-refractivity contribution in [2.45, 2.75) is 84.5 Å². The van der Waals surface area contributed by atoms with Crippen molar-refractivity contribution in [3.63, 3.8) is 0 Å². The fourth-order valence-electron chi connectivity index (χ4n) is 3.46. The molecule has 166 valence electrons. The van der Waals surface area contributed by atoms with Gasteiger partial charge in [0.25, 0.3) is 0 Å². The van der Waals surface area contributed by atoms with E-state index in [1.54, 1.807) is 0 Å². The minimum absolute atomic E-state index is 0. The summed E-state index contributed by atoms with van der Waals surface area (Å²) >= 11 is 0. The Balaban J connectivity index is 0.00000450. The molecule has 0 unspecified atom stereocenters. The molecule has 0 radical (unpaired) electrons. The first-order valence-corrected chi connectivity index (χ1v) is 11.6. The molecule has 0 N–H and O–H groups in total. The largest absolute Gasteiger partial charge is 0.252 e. The van der Waals surface area contributed by atoms with Crippen LogP contribution in [0.25, 0.3) is 0 Å². The van der Waals surface area contributed by atoms with Crippen molar-refractivity contribution in [3.05, 3.63) is 60.7 Å². The van der Waals surface area contributed by atoms with Crippen molar-refractivity contribution in [1.29, 1.82) is 0 Å². The number of aliphatic imine (C=N–C) groups is 2. The van der Waals surface area contributed by atoms with Gasteiger partial charge < -0.3 is 0 Å². The Morgan fingerprint density at radius 1 is 0.533 bits per heavy atom. The van der Waals surface area contributed by atoms with Crippen LogP contribution in [0, 0.1) is 0 Å². The van der Waals surface area contributed by atoms with Gasteiger partial charge >= 0.3 is 0 Å². The molecule has 0 aliphatic heterocycles. The Kier molecular flexibility index (Phi) is 15.1. The van der Waals surface area contributed by atoms with Crippen molar-refractivity contribution in [2.24, 2.45) is 9.98 Å². The molecule has 2 aromatic rings. The third kappa shape index (κ3) is 11.0. The zero-order valence-electron chi connectivity index (χ0n) is 18.8. The van der Waals surface area contributed by atoms with Crippen molar-refractivity contribution in [3.8, 4) is 0 Å². The predicted octanol–water partition coefficient (Wildman–Crippen LogP) is 8.86. The molecule has 2 nitrogen and oxygen atoms in total. The molecule has 0 spiro atoms. The predicted molar refractivity (Wildman–Crippen MR) is 129 cm³/mol. The van der Waals surface area contributed by atoms with Gasteiger partial charge in [0, 0.05) is 20.4 Å². The first kappa shape index (κ1) is 26.5. The van der Waals surface area contributed by atoms with Crippen molar-refractivity contribution < 1.29 is 20.4 Å². The number of rotatable bonds is 14. The van der Waals surface area contributed by atoms with E-state index in [2.05, 4.69) is 62.4 Å². The van der Waals surface area contributed by atoms with Gasteiger partial charge in [-0.1, -0.05) is 95.2 Å². The number of hydrogen-bond acceptors (Lipinski definition) is 2. The summed E-state index contributed by atoms with van der Waals surface area (Å²) < 4.78 is 0. The second kappa shape index (κ2) is 17.2. The SMILES string of the molecule is CCCCCCCCC(=N\c1ccccc1)/C(CCCCC)=N/c1ccccc1.[Pd]. The first-order valence-electron chi connectivity index (χ1n) is 11.6. The third-order valence-corrected chi connectivity index (χ3v) is 5.16. The molecular formula is C27H38N2Pd. The molecule has 3 heteroatoms. The van der Waals surface area contributed by atoms with Crippen LogP contribution in [0.15, 0.2) is 70.6 Å². The Labute approximate surface area is 198 Å². The van der Waals surface area contributed by atoms with E-state index >= 15 is 0 Å². The summed E-state index contributed by atoms with van der Waals surface area (Å²) in [7, 11) is 0. The van der Waals surface area contributed by atoms with E-state index in [0.717, 1.165) is 24.2 Å². The minimum Gasteiger partial charge on any atom is -0.252 e. The van der Waals surface area contributed by atoms with Crippen LogP contribution in [0.3, 0.4) is 0 Å². The molecule has 30 heavy (non-hydrogen) atoms. The van der Waals surface area contributed by atoms with Gasteiger partial charge in [-0.15, -0.1) is 0 Å². The van der Waals surface area contributed by atoms with E-state index in [9.17, 15) is 0 Å². The van der Waals surface area contributed by atoms with Crippen molar-refractivity contribution in [2.75, 3.05) is 0 Å². The normalized spacial score (nSPS) is 11.9. The molecule has 0 heterocycles. The maximum absolute atomic E-state index is 5.05. The third-order valence-electron chi connectivity index (χ3n) is 5.16. The number of para-hydroxylation sites is 2. The molecule has 0 bridgehead atoms. The molecule has 0 atom stereocenters. The Morgan fingerprint density at radius 2 is 0.900 bits per heavy atom. The zero-order valence-corrected chi connectivity index (χ0v) is 20.3. The Morgan fingerprint density at radius 3 is 1.37 bits per heavy atom. The average molecular weight is 497 g/mol. The van der Waals surface area contributed by atoms with E-state index in [1.807, 2.05) is 12.1 Å². The van der Waals surface area contributed by atoms with Gasteiger partial charge in [0.15, 0.2) is 0 Å². The topological polar surface area (TPSA) is 24.7 Å². The van der Waals surface area contributed by atoms with Crippen LogP contribution >= 0.6 is 0 Å². The van der Waals surface area contributed by atoms with E-state index in [1.165, 1.54) is 69.2 Å². The average Bonchev–Trinajstić information content (AvgIpc) is 2.76. The smallest absolute Gasteiger partial charge is 0.0633 e. The number of benzene rings is 2. The molecule has 2 rings (SSSR count). The zero-order chi connectivity index (χ0) is 20.6. The molecule has 0 aliphatic carbocycles. The Bertz CT molecular complexity index is 723. The van der Waals surface area contributed by atoms with Crippen LogP contribution in [0.1, 0.15) is 84.5 Å². The minimum atomic E-state index is 0. The summed E-state index contributed by atoms with van der Waals surface area (Å²) in [5.41, 5.74) is 4.40. The van der Waals surface area contributed by atoms with E-state index in [4.69, 9.17) is 9.98 Å². The number of hydrogen-bond donors (Lipinski definition) is 0. The van der Waals surface area contributed by atoms with Gasteiger partial charge in [0.05, 0.1) is 22.8 Å². The summed E-state index contributed by atoms with van der Waals surface area (Å²) in [5.74, 6) is 0. The van der Waals surface area contributed by atoms with E-state index < -0.39 is 0 Å². The fourth-order valence-corrected chi connectivity index (χ4v) is 3.46. The van der Waals surface area contributed by atoms with Crippen LogP contribution in [-0.2, 0) is 20.4 Å². The standard InChI is InChI=1S/C27H38N2.Pd/c1-3-5-7-8-9-17-23-27(29-25-20-15-11-16-21-25)26(22-12-6-4-2)28-24-18-13-10-14-19-24;/h10-11,13-16,18-21H,3-9,12,17,22-23H2,1-2H3;/b28-26+,29-27+;. The summed E-state index contributed by atoms with van der Waals surface area (Å²) in [6.07, 6.45) is 13.4. The van der Waals surface area contributed by atoms with Crippen molar-refractivity contribution in [1.82, 2.24) is 0 Å². The summed E-state index contributed by atoms with van der Waals surface area (Å²) in [6.45, 7) is 4.52. The van der Waals surface area contributed by atoms with Crippen molar-refractivity contribution >= 4 is 22.8 Å². The van der Waals surface area contributed by atoms with Crippen LogP contribution < -0.4 is 0 Å². The van der Waals surface area contributed by atoms with Gasteiger partial charge in [-0.05, 0) is 49.9 Å². The van der Waals surface area contributed by atoms with Crippen LogP contribution in [0.4, 0.5) is 11.4 Å². The van der Waals surface area contributed by atoms with Gasteiger partial charge in [0.1, 0.15) is 0 Å². The summed E-state index contributed by atoms with van der Waals surface area (Å²) in [4.78, 5) is 10.1. The molecular weight excluding hydrogens is 459 g/mol. The second-order valence-electron chi connectivity index (χ2n) is 7.76. The summed E-state index contributed by atoms with van der Waals surface area (Å²) in [5, 5.41) is 0. The van der Waals surface area contributed by atoms with Gasteiger partial charge in [-0.2, -0.15) is 0 Å². The molecule has 0 aliphatic rings. The number of nitrogens with zero attached hydrogens (tertiary/aromatic N) is 2. The van der Waals surface area contributed by atoms with Crippen LogP contribution in [0.5, 0.6) is 0 Å².